The molecule has 1 aliphatic heterocycles. The van der Waals surface area contributed by atoms with Crippen LogP contribution >= 0.6 is 0 Å². The third-order valence-corrected chi connectivity index (χ3v) is 3.82. The number of nitrogens with one attached hydrogen (secondary N) is 2. The molecule has 3 heteroatoms. The van der Waals surface area contributed by atoms with Gasteiger partial charge in [-0.05, 0) is 45.2 Å². The second-order valence-electron chi connectivity index (χ2n) is 5.32. The van der Waals surface area contributed by atoms with E-state index in [4.69, 9.17) is 0 Å². The van der Waals surface area contributed by atoms with Crippen LogP contribution in [0.25, 0.3) is 0 Å². The van der Waals surface area contributed by atoms with E-state index in [1.807, 2.05) is 0 Å². The first-order valence-corrected chi connectivity index (χ1v) is 7.20. The van der Waals surface area contributed by atoms with Gasteiger partial charge in [-0.25, -0.2) is 0 Å². The van der Waals surface area contributed by atoms with Crippen LogP contribution in [0.1, 0.15) is 52.9 Å². The van der Waals surface area contributed by atoms with Gasteiger partial charge in [0.1, 0.15) is 0 Å². The van der Waals surface area contributed by atoms with E-state index in [9.17, 15) is 4.79 Å². The summed E-state index contributed by atoms with van der Waals surface area (Å²) < 4.78 is 0. The van der Waals surface area contributed by atoms with E-state index >= 15 is 0 Å². The van der Waals surface area contributed by atoms with Gasteiger partial charge in [0.05, 0.1) is 0 Å². The summed E-state index contributed by atoms with van der Waals surface area (Å²) in [4.78, 5) is 12.2. The van der Waals surface area contributed by atoms with Crippen molar-refractivity contribution in [3.63, 3.8) is 0 Å². The summed E-state index contributed by atoms with van der Waals surface area (Å²) in [6, 6.07) is 0.314. The maximum Gasteiger partial charge on any atom is 0.223 e. The number of amides is 1. The lowest BCUT2D eigenvalue weighted by Crippen LogP contribution is -2.42. The fourth-order valence-electron chi connectivity index (χ4n) is 2.67. The lowest BCUT2D eigenvalue weighted by atomic mass is 9.95. The second-order valence-corrected chi connectivity index (χ2v) is 5.32. The van der Waals surface area contributed by atoms with Gasteiger partial charge < -0.3 is 10.6 Å². The lowest BCUT2D eigenvalue weighted by Gasteiger charge is -2.23. The van der Waals surface area contributed by atoms with Crippen LogP contribution in [0.5, 0.6) is 0 Å². The Morgan fingerprint density at radius 3 is 2.47 bits per heavy atom. The summed E-state index contributed by atoms with van der Waals surface area (Å²) >= 11 is 0. The van der Waals surface area contributed by atoms with Crippen molar-refractivity contribution in [2.75, 3.05) is 13.1 Å². The van der Waals surface area contributed by atoms with Crippen molar-refractivity contribution >= 4 is 5.91 Å². The molecule has 1 saturated heterocycles. The Bertz CT molecular complexity index is 218. The molecular formula is C14H28N2O. The third-order valence-electron chi connectivity index (χ3n) is 3.82. The molecule has 0 aromatic heterocycles. The zero-order valence-electron chi connectivity index (χ0n) is 11.6. The van der Waals surface area contributed by atoms with Crippen LogP contribution in [-0.4, -0.2) is 25.0 Å². The van der Waals surface area contributed by atoms with Crippen molar-refractivity contribution in [3.8, 4) is 0 Å². The Labute approximate surface area is 106 Å². The molecule has 0 aromatic rings. The lowest BCUT2D eigenvalue weighted by molar-refractivity contribution is -0.126. The van der Waals surface area contributed by atoms with Gasteiger partial charge in [0.2, 0.25) is 5.91 Å². The van der Waals surface area contributed by atoms with E-state index in [1.54, 1.807) is 0 Å². The molecule has 1 rings (SSSR count). The molecule has 2 unspecified atom stereocenters. The summed E-state index contributed by atoms with van der Waals surface area (Å²) in [6.45, 7) is 8.59. The average molecular weight is 240 g/mol. The van der Waals surface area contributed by atoms with Crippen LogP contribution in [0.4, 0.5) is 0 Å². The molecule has 1 fully saturated rings. The van der Waals surface area contributed by atoms with Crippen LogP contribution in [0.3, 0.4) is 0 Å². The van der Waals surface area contributed by atoms with Crippen molar-refractivity contribution in [1.82, 2.24) is 10.6 Å². The highest BCUT2D eigenvalue weighted by molar-refractivity contribution is 5.78. The highest BCUT2D eigenvalue weighted by Crippen LogP contribution is 2.16. The molecule has 3 nitrogen and oxygen atoms in total. The number of rotatable bonds is 7. The second kappa shape index (κ2) is 7.70. The zero-order valence-corrected chi connectivity index (χ0v) is 11.6. The SMILES string of the molecule is CCCC(CCC)C(=O)NC(C)C1CCNC1. The van der Waals surface area contributed by atoms with Crippen molar-refractivity contribution in [2.24, 2.45) is 11.8 Å². The van der Waals surface area contributed by atoms with E-state index in [-0.39, 0.29) is 11.8 Å². The molecule has 1 amide bonds. The van der Waals surface area contributed by atoms with Crippen molar-refractivity contribution in [2.45, 2.75) is 58.9 Å². The Morgan fingerprint density at radius 2 is 2.00 bits per heavy atom. The molecule has 2 N–H and O–H groups in total. The smallest absolute Gasteiger partial charge is 0.223 e. The summed E-state index contributed by atoms with van der Waals surface area (Å²) in [6.07, 6.45) is 5.42. The summed E-state index contributed by atoms with van der Waals surface area (Å²) in [7, 11) is 0. The first-order chi connectivity index (χ1) is 8.19. The van der Waals surface area contributed by atoms with Gasteiger partial charge in [-0.1, -0.05) is 26.7 Å². The summed E-state index contributed by atoms with van der Waals surface area (Å²) in [5, 5.41) is 6.57. The highest BCUT2D eigenvalue weighted by atomic mass is 16.1. The molecule has 2 atom stereocenters. The molecule has 0 aromatic carbocycles. The van der Waals surface area contributed by atoms with Gasteiger partial charge in [0.25, 0.3) is 0 Å². The van der Waals surface area contributed by atoms with Crippen LogP contribution in [0.2, 0.25) is 0 Å². The van der Waals surface area contributed by atoms with E-state index in [2.05, 4.69) is 31.4 Å². The summed E-state index contributed by atoms with van der Waals surface area (Å²) in [5.41, 5.74) is 0. The number of carbonyl (C=O) groups excluding carboxylic acids is 1. The topological polar surface area (TPSA) is 41.1 Å². The maximum atomic E-state index is 12.2. The third kappa shape index (κ3) is 4.66. The van der Waals surface area contributed by atoms with E-state index in [0.717, 1.165) is 38.8 Å². The van der Waals surface area contributed by atoms with Crippen LogP contribution < -0.4 is 10.6 Å². The fraction of sp³-hybridized carbons (Fsp3) is 0.929. The minimum atomic E-state index is 0.224. The largest absolute Gasteiger partial charge is 0.353 e. The van der Waals surface area contributed by atoms with E-state index in [0.29, 0.717) is 12.0 Å². The van der Waals surface area contributed by atoms with Gasteiger partial charge in [0, 0.05) is 12.0 Å². The standard InChI is InChI=1S/C14H28N2O/c1-4-6-12(7-5-2)14(17)16-11(3)13-8-9-15-10-13/h11-13,15H,4-10H2,1-3H3,(H,16,17). The molecule has 0 bridgehead atoms. The predicted molar refractivity (Wildman–Crippen MR) is 71.9 cm³/mol. The molecule has 0 spiro atoms. The average Bonchev–Trinajstić information content (AvgIpc) is 2.82. The zero-order chi connectivity index (χ0) is 12.7. The van der Waals surface area contributed by atoms with E-state index < -0.39 is 0 Å². The Morgan fingerprint density at radius 1 is 1.35 bits per heavy atom. The van der Waals surface area contributed by atoms with Crippen molar-refractivity contribution < 1.29 is 4.79 Å². The minimum Gasteiger partial charge on any atom is -0.353 e. The van der Waals surface area contributed by atoms with Gasteiger partial charge >= 0.3 is 0 Å². The normalized spacial score (nSPS) is 21.8. The fourth-order valence-corrected chi connectivity index (χ4v) is 2.67. The Kier molecular flexibility index (Phi) is 6.56. The van der Waals surface area contributed by atoms with Crippen molar-refractivity contribution in [1.29, 1.82) is 0 Å². The van der Waals surface area contributed by atoms with E-state index in [1.165, 1.54) is 6.42 Å². The highest BCUT2D eigenvalue weighted by Gasteiger charge is 2.25. The van der Waals surface area contributed by atoms with Crippen LogP contribution in [-0.2, 0) is 4.79 Å². The first kappa shape index (κ1) is 14.5. The molecule has 1 heterocycles. The summed E-state index contributed by atoms with van der Waals surface area (Å²) in [5.74, 6) is 1.11. The Balaban J connectivity index is 2.38. The molecule has 0 aliphatic carbocycles. The van der Waals surface area contributed by atoms with Crippen LogP contribution in [0.15, 0.2) is 0 Å². The first-order valence-electron chi connectivity index (χ1n) is 7.20. The van der Waals surface area contributed by atoms with Gasteiger partial charge in [-0.15, -0.1) is 0 Å². The quantitative estimate of drug-likeness (QED) is 0.717. The van der Waals surface area contributed by atoms with Crippen molar-refractivity contribution in [3.05, 3.63) is 0 Å². The predicted octanol–water partition coefficient (Wildman–Crippen LogP) is 2.32. The molecule has 17 heavy (non-hydrogen) atoms. The van der Waals surface area contributed by atoms with Gasteiger partial charge in [-0.3, -0.25) is 4.79 Å². The number of carbonyl (C=O) groups is 1. The van der Waals surface area contributed by atoms with Crippen LogP contribution in [0, 0.1) is 11.8 Å². The maximum absolute atomic E-state index is 12.2. The molecule has 0 radical (unpaired) electrons. The van der Waals surface area contributed by atoms with Gasteiger partial charge in [-0.2, -0.15) is 0 Å². The molecule has 1 aliphatic rings. The molecule has 0 saturated carbocycles. The Hall–Kier alpha value is -0.570. The number of hydrogen-bond acceptors (Lipinski definition) is 2. The minimum absolute atomic E-state index is 0.224. The molecular weight excluding hydrogens is 212 g/mol. The monoisotopic (exact) mass is 240 g/mol. The molecule has 100 valence electrons. The van der Waals surface area contributed by atoms with Gasteiger partial charge in [0.15, 0.2) is 0 Å². The number of hydrogen-bond donors (Lipinski definition) is 2.